The van der Waals surface area contributed by atoms with Crippen LogP contribution in [0, 0.1) is 0 Å². The molecule has 108 valence electrons. The highest BCUT2D eigenvalue weighted by Gasteiger charge is 2.12. The zero-order chi connectivity index (χ0) is 14.3. The van der Waals surface area contributed by atoms with Crippen LogP contribution in [0.15, 0.2) is 5.16 Å². The van der Waals surface area contributed by atoms with Gasteiger partial charge in [0.25, 0.3) is 0 Å². The molecule has 0 saturated carbocycles. The summed E-state index contributed by atoms with van der Waals surface area (Å²) in [6.07, 6.45) is -0.798. The van der Waals surface area contributed by atoms with Crippen LogP contribution in [0.5, 0.6) is 0 Å². The summed E-state index contributed by atoms with van der Waals surface area (Å²) < 4.78 is 0. The second-order valence-corrected chi connectivity index (χ2v) is 4.69. The number of hydrazine groups is 1. The lowest BCUT2D eigenvalue weighted by atomic mass is 10.4. The average molecular weight is 288 g/mol. The van der Waals surface area contributed by atoms with E-state index in [1.807, 2.05) is 18.7 Å². The topological polar surface area (TPSA) is 120 Å². The highest BCUT2D eigenvalue weighted by atomic mass is 32.2. The Hall–Kier alpha value is -1.16. The fraction of sp³-hybridized carbons (Fsp3) is 0.700. The third kappa shape index (κ3) is 4.78. The Balaban J connectivity index is 2.88. The first-order valence-corrected chi connectivity index (χ1v) is 7.02. The fourth-order valence-corrected chi connectivity index (χ4v) is 2.09. The molecule has 0 fully saturated rings. The van der Waals surface area contributed by atoms with Gasteiger partial charge in [0.05, 0.1) is 12.7 Å². The van der Waals surface area contributed by atoms with Gasteiger partial charge in [0, 0.05) is 18.8 Å². The molecule has 0 spiro atoms. The average Bonchev–Trinajstić information content (AvgIpc) is 2.45. The van der Waals surface area contributed by atoms with Crippen molar-refractivity contribution < 1.29 is 10.2 Å². The van der Waals surface area contributed by atoms with Gasteiger partial charge in [-0.15, -0.1) is 0 Å². The van der Waals surface area contributed by atoms with Crippen molar-refractivity contribution in [2.45, 2.75) is 25.1 Å². The zero-order valence-corrected chi connectivity index (χ0v) is 11.9. The van der Waals surface area contributed by atoms with E-state index in [-0.39, 0.29) is 12.6 Å². The van der Waals surface area contributed by atoms with Gasteiger partial charge in [-0.25, -0.2) is 5.84 Å². The van der Waals surface area contributed by atoms with Crippen molar-refractivity contribution in [3.63, 3.8) is 0 Å². The predicted octanol–water partition coefficient (Wildman–Crippen LogP) is -0.551. The fourth-order valence-electron chi connectivity index (χ4n) is 1.35. The number of thioether (sulfide) groups is 1. The lowest BCUT2D eigenvalue weighted by molar-refractivity contribution is 0.113. The van der Waals surface area contributed by atoms with Crippen LogP contribution in [-0.2, 0) is 0 Å². The molecule has 1 atom stereocenters. The van der Waals surface area contributed by atoms with Gasteiger partial charge >= 0.3 is 0 Å². The smallest absolute Gasteiger partial charge is 0.242 e. The Labute approximate surface area is 116 Å². The first-order chi connectivity index (χ1) is 9.14. The van der Waals surface area contributed by atoms with E-state index in [4.69, 9.17) is 10.9 Å². The van der Waals surface area contributed by atoms with E-state index < -0.39 is 6.10 Å². The molecular weight excluding hydrogens is 268 g/mol. The van der Waals surface area contributed by atoms with Crippen molar-refractivity contribution in [2.75, 3.05) is 35.8 Å². The number of hydrogen-bond donors (Lipinski definition) is 4. The SMILES string of the molecule is CCN(CC)c1nc(NN)nc(SCC(O)CO)n1. The number of hydrogen-bond acceptors (Lipinski definition) is 9. The molecule has 1 aromatic rings. The van der Waals surface area contributed by atoms with Crippen LogP contribution >= 0.6 is 11.8 Å². The number of nitrogens with zero attached hydrogens (tertiary/aromatic N) is 4. The highest BCUT2D eigenvalue weighted by molar-refractivity contribution is 7.99. The van der Waals surface area contributed by atoms with Gasteiger partial charge in [0.15, 0.2) is 5.16 Å². The first kappa shape index (κ1) is 15.9. The van der Waals surface area contributed by atoms with Gasteiger partial charge in [0.1, 0.15) is 0 Å². The van der Waals surface area contributed by atoms with E-state index in [0.717, 1.165) is 13.1 Å². The summed E-state index contributed by atoms with van der Waals surface area (Å²) in [5.41, 5.74) is 2.40. The molecule has 0 aromatic carbocycles. The van der Waals surface area contributed by atoms with Crippen LogP contribution in [0.2, 0.25) is 0 Å². The lowest BCUT2D eigenvalue weighted by Gasteiger charge is -2.19. The second-order valence-electron chi connectivity index (χ2n) is 3.71. The maximum Gasteiger partial charge on any atom is 0.242 e. The monoisotopic (exact) mass is 288 g/mol. The normalized spacial score (nSPS) is 12.3. The summed E-state index contributed by atoms with van der Waals surface area (Å²) in [7, 11) is 0. The van der Waals surface area contributed by atoms with Gasteiger partial charge < -0.3 is 15.1 Å². The van der Waals surface area contributed by atoms with Crippen LogP contribution in [0.3, 0.4) is 0 Å². The van der Waals surface area contributed by atoms with Gasteiger partial charge in [-0.05, 0) is 13.8 Å². The van der Waals surface area contributed by atoms with Crippen molar-refractivity contribution in [1.29, 1.82) is 0 Å². The number of anilines is 2. The molecule has 9 heteroatoms. The number of aliphatic hydroxyl groups is 2. The quantitative estimate of drug-likeness (QED) is 0.283. The number of nitrogen functional groups attached to an aromatic ring is 1. The van der Waals surface area contributed by atoms with Gasteiger partial charge in [-0.3, -0.25) is 5.43 Å². The van der Waals surface area contributed by atoms with Crippen molar-refractivity contribution in [1.82, 2.24) is 15.0 Å². The number of aromatic nitrogens is 3. The summed E-state index contributed by atoms with van der Waals surface area (Å²) in [6.45, 7) is 5.26. The Morgan fingerprint density at radius 3 is 2.53 bits per heavy atom. The molecule has 1 unspecified atom stereocenters. The molecule has 0 aliphatic rings. The maximum atomic E-state index is 9.32. The number of nitrogens with two attached hydrogens (primary N) is 1. The zero-order valence-electron chi connectivity index (χ0n) is 11.1. The molecular formula is C10H20N6O2S. The molecule has 0 amide bonds. The molecule has 0 bridgehead atoms. The summed E-state index contributed by atoms with van der Waals surface area (Å²) >= 11 is 1.24. The lowest BCUT2D eigenvalue weighted by Crippen LogP contribution is -2.26. The van der Waals surface area contributed by atoms with Crippen LogP contribution in [0.1, 0.15) is 13.8 Å². The van der Waals surface area contributed by atoms with E-state index in [1.54, 1.807) is 0 Å². The minimum absolute atomic E-state index is 0.276. The van der Waals surface area contributed by atoms with Crippen LogP contribution < -0.4 is 16.2 Å². The summed E-state index contributed by atoms with van der Waals surface area (Å²) in [4.78, 5) is 14.6. The van der Waals surface area contributed by atoms with Crippen molar-refractivity contribution in [3.8, 4) is 0 Å². The van der Waals surface area contributed by atoms with E-state index >= 15 is 0 Å². The van der Waals surface area contributed by atoms with Crippen molar-refractivity contribution in [3.05, 3.63) is 0 Å². The third-order valence-electron chi connectivity index (χ3n) is 2.39. The number of rotatable bonds is 8. The summed E-state index contributed by atoms with van der Waals surface area (Å²) in [5, 5.41) is 18.6. The molecule has 0 aliphatic heterocycles. The van der Waals surface area contributed by atoms with Gasteiger partial charge in [0.2, 0.25) is 11.9 Å². The van der Waals surface area contributed by atoms with E-state index in [2.05, 4.69) is 20.4 Å². The molecule has 5 N–H and O–H groups in total. The van der Waals surface area contributed by atoms with Crippen LogP contribution in [0.25, 0.3) is 0 Å². The first-order valence-electron chi connectivity index (χ1n) is 6.03. The standard InChI is InChI=1S/C10H20N6O2S/c1-3-16(4-2)9-12-8(15-11)13-10(14-9)19-6-7(18)5-17/h7,17-18H,3-6,11H2,1-2H3,(H,12,13,14,15). The van der Waals surface area contributed by atoms with Crippen LogP contribution in [-0.4, -0.2) is 56.7 Å². The second kappa shape index (κ2) is 8.10. The summed E-state index contributed by atoms with van der Waals surface area (Å²) in [6, 6.07) is 0. The Morgan fingerprint density at radius 2 is 2.00 bits per heavy atom. The van der Waals surface area contributed by atoms with E-state index in [1.165, 1.54) is 11.8 Å². The molecule has 0 aliphatic carbocycles. The van der Waals surface area contributed by atoms with Gasteiger partial charge in [-0.1, -0.05) is 11.8 Å². The molecule has 8 nitrogen and oxygen atoms in total. The Kier molecular flexibility index (Phi) is 6.78. The minimum atomic E-state index is -0.798. The third-order valence-corrected chi connectivity index (χ3v) is 3.39. The highest BCUT2D eigenvalue weighted by Crippen LogP contribution is 2.19. The van der Waals surface area contributed by atoms with Gasteiger partial charge in [-0.2, -0.15) is 15.0 Å². The van der Waals surface area contributed by atoms with Crippen LogP contribution in [0.4, 0.5) is 11.9 Å². The maximum absolute atomic E-state index is 9.32. The Morgan fingerprint density at radius 1 is 1.32 bits per heavy atom. The molecule has 1 rings (SSSR count). The van der Waals surface area contributed by atoms with Crippen molar-refractivity contribution >= 4 is 23.7 Å². The minimum Gasteiger partial charge on any atom is -0.394 e. The molecule has 0 saturated heterocycles. The number of aliphatic hydroxyl groups excluding tert-OH is 2. The molecule has 19 heavy (non-hydrogen) atoms. The van der Waals surface area contributed by atoms with E-state index in [9.17, 15) is 5.11 Å². The largest absolute Gasteiger partial charge is 0.394 e. The van der Waals surface area contributed by atoms with Crippen molar-refractivity contribution in [2.24, 2.45) is 5.84 Å². The molecule has 1 heterocycles. The summed E-state index contributed by atoms with van der Waals surface area (Å²) in [5.74, 6) is 6.45. The Bertz CT molecular complexity index is 390. The molecule has 1 aromatic heterocycles. The predicted molar refractivity (Wildman–Crippen MR) is 75.0 cm³/mol. The number of nitrogens with one attached hydrogen (secondary N) is 1. The molecule has 0 radical (unpaired) electrons. The van der Waals surface area contributed by atoms with E-state index in [0.29, 0.717) is 16.9 Å².